The van der Waals surface area contributed by atoms with Crippen molar-refractivity contribution in [2.24, 2.45) is 0 Å². The molecule has 0 spiro atoms. The summed E-state index contributed by atoms with van der Waals surface area (Å²) in [4.78, 5) is 27.3. The van der Waals surface area contributed by atoms with Crippen LogP contribution in [0.25, 0.3) is 0 Å². The Morgan fingerprint density at radius 2 is 1.47 bits per heavy atom. The molecule has 1 heterocycles. The van der Waals surface area contributed by atoms with Gasteiger partial charge in [0, 0.05) is 43.9 Å². The molecule has 1 aliphatic heterocycles. The van der Waals surface area contributed by atoms with Crippen molar-refractivity contribution < 1.29 is 22.7 Å². The molecule has 1 fully saturated rings. The van der Waals surface area contributed by atoms with Gasteiger partial charge in [0.2, 0.25) is 10.0 Å². The van der Waals surface area contributed by atoms with E-state index in [1.54, 1.807) is 30.9 Å². The summed E-state index contributed by atoms with van der Waals surface area (Å²) in [5.41, 5.74) is 1.83. The van der Waals surface area contributed by atoms with Crippen LogP contribution in [0.5, 0.6) is 0 Å². The van der Waals surface area contributed by atoms with E-state index < -0.39 is 10.0 Å². The van der Waals surface area contributed by atoms with Gasteiger partial charge in [-0.3, -0.25) is 9.59 Å². The normalized spacial score (nSPS) is 18.7. The van der Waals surface area contributed by atoms with Gasteiger partial charge in [-0.2, -0.15) is 4.31 Å². The second kappa shape index (κ2) is 11.1. The average molecular weight is 488 g/mol. The van der Waals surface area contributed by atoms with Crippen LogP contribution in [0.3, 0.4) is 0 Å². The molecule has 1 N–H and O–H groups in total. The first-order valence-electron chi connectivity index (χ1n) is 11.6. The van der Waals surface area contributed by atoms with Crippen molar-refractivity contribution in [1.82, 2.24) is 14.5 Å². The van der Waals surface area contributed by atoms with Gasteiger partial charge >= 0.3 is 0 Å². The van der Waals surface area contributed by atoms with Crippen molar-refractivity contribution in [1.29, 1.82) is 0 Å². The summed E-state index contributed by atoms with van der Waals surface area (Å²) in [6.45, 7) is 9.68. The Hall–Kier alpha value is -2.75. The minimum Gasteiger partial charge on any atom is -0.372 e. The van der Waals surface area contributed by atoms with E-state index in [-0.39, 0.29) is 28.9 Å². The molecule has 34 heavy (non-hydrogen) atoms. The van der Waals surface area contributed by atoms with Crippen molar-refractivity contribution in [2.45, 2.75) is 51.3 Å². The van der Waals surface area contributed by atoms with E-state index in [9.17, 15) is 18.0 Å². The second-order valence-electron chi connectivity index (χ2n) is 8.46. The quantitative estimate of drug-likeness (QED) is 0.618. The Labute approximate surface area is 201 Å². The van der Waals surface area contributed by atoms with Crippen LogP contribution in [-0.2, 0) is 21.3 Å². The minimum atomic E-state index is -3.56. The zero-order valence-corrected chi connectivity index (χ0v) is 21.0. The van der Waals surface area contributed by atoms with Crippen LogP contribution >= 0.6 is 0 Å². The van der Waals surface area contributed by atoms with Gasteiger partial charge in [0.25, 0.3) is 11.8 Å². The summed E-state index contributed by atoms with van der Waals surface area (Å²) in [6.07, 6.45) is 0.0159. The molecule has 0 aromatic heterocycles. The number of sulfonamides is 1. The molecule has 9 heteroatoms. The van der Waals surface area contributed by atoms with Crippen molar-refractivity contribution in [3.8, 4) is 0 Å². The van der Waals surface area contributed by atoms with Crippen LogP contribution in [0, 0.1) is 0 Å². The average Bonchev–Trinajstić information content (AvgIpc) is 2.82. The maximum atomic E-state index is 12.8. The standard InChI is InChI=1S/C25H33N3O5S/c1-5-28(6-2)34(31,32)23-13-11-21(12-14-23)24(29)26-15-20-7-9-22(10-8-20)25(30)27-16-18(3)33-19(4)17-27/h7-14,18-19H,5-6,15-17H2,1-4H3,(H,26,29). The predicted molar refractivity (Wildman–Crippen MR) is 130 cm³/mol. The third-order valence-electron chi connectivity index (χ3n) is 5.82. The first-order chi connectivity index (χ1) is 16.1. The lowest BCUT2D eigenvalue weighted by molar-refractivity contribution is -0.0586. The largest absolute Gasteiger partial charge is 0.372 e. The molecule has 2 atom stereocenters. The number of ether oxygens (including phenoxy) is 1. The lowest BCUT2D eigenvalue weighted by Crippen LogP contribution is -2.48. The van der Waals surface area contributed by atoms with Crippen LogP contribution in [0.1, 0.15) is 54.0 Å². The van der Waals surface area contributed by atoms with Crippen LogP contribution in [0.2, 0.25) is 0 Å². The number of carbonyl (C=O) groups is 2. The summed E-state index contributed by atoms with van der Waals surface area (Å²) in [6, 6.07) is 13.1. The number of benzene rings is 2. The smallest absolute Gasteiger partial charge is 0.254 e. The highest BCUT2D eigenvalue weighted by Crippen LogP contribution is 2.17. The molecule has 8 nitrogen and oxygen atoms in total. The molecule has 0 radical (unpaired) electrons. The van der Waals surface area contributed by atoms with Gasteiger partial charge in [-0.15, -0.1) is 0 Å². The lowest BCUT2D eigenvalue weighted by Gasteiger charge is -2.35. The Balaban J connectivity index is 1.58. The zero-order valence-electron chi connectivity index (χ0n) is 20.2. The van der Waals surface area contributed by atoms with Crippen molar-refractivity contribution in [3.05, 3.63) is 65.2 Å². The number of rotatable bonds is 8. The molecule has 2 unspecified atom stereocenters. The van der Waals surface area contributed by atoms with E-state index >= 15 is 0 Å². The Kier molecular flexibility index (Phi) is 8.46. The van der Waals surface area contributed by atoms with Crippen LogP contribution in [0.15, 0.2) is 53.4 Å². The molecule has 0 bridgehead atoms. The third kappa shape index (κ3) is 6.02. The number of hydrogen-bond acceptors (Lipinski definition) is 5. The number of amides is 2. The first-order valence-corrected chi connectivity index (χ1v) is 13.0. The zero-order chi connectivity index (χ0) is 24.9. The summed E-state index contributed by atoms with van der Waals surface area (Å²) in [5.74, 6) is -0.333. The van der Waals surface area contributed by atoms with Crippen LogP contribution in [-0.4, -0.2) is 67.8 Å². The van der Waals surface area contributed by atoms with Gasteiger partial charge in [0.1, 0.15) is 0 Å². The summed E-state index contributed by atoms with van der Waals surface area (Å²) < 4.78 is 32.2. The lowest BCUT2D eigenvalue weighted by atomic mass is 10.1. The fourth-order valence-electron chi connectivity index (χ4n) is 4.07. The summed E-state index contributed by atoms with van der Waals surface area (Å²) in [5, 5.41) is 2.83. The Bertz CT molecular complexity index is 1090. The van der Waals surface area contributed by atoms with Crippen LogP contribution in [0.4, 0.5) is 0 Å². The minimum absolute atomic E-state index is 0.00795. The molecular formula is C25H33N3O5S. The molecule has 2 aromatic rings. The van der Waals surface area contributed by atoms with Crippen molar-refractivity contribution in [2.75, 3.05) is 26.2 Å². The number of hydrogen-bond donors (Lipinski definition) is 1. The molecule has 1 aliphatic rings. The summed E-state index contributed by atoms with van der Waals surface area (Å²) >= 11 is 0. The number of morpholine rings is 1. The van der Waals surface area contributed by atoms with E-state index in [0.29, 0.717) is 43.9 Å². The topological polar surface area (TPSA) is 96.0 Å². The van der Waals surface area contributed by atoms with Gasteiger partial charge in [-0.05, 0) is 55.8 Å². The monoisotopic (exact) mass is 487 g/mol. The van der Waals surface area contributed by atoms with Gasteiger partial charge in [-0.25, -0.2) is 8.42 Å². The number of nitrogens with zero attached hydrogens (tertiary/aromatic N) is 2. The molecule has 1 saturated heterocycles. The number of carbonyl (C=O) groups excluding carboxylic acids is 2. The molecule has 184 valence electrons. The second-order valence-corrected chi connectivity index (χ2v) is 10.4. The highest BCUT2D eigenvalue weighted by molar-refractivity contribution is 7.89. The third-order valence-corrected chi connectivity index (χ3v) is 7.88. The van der Waals surface area contributed by atoms with E-state index in [4.69, 9.17) is 4.74 Å². The number of nitrogens with one attached hydrogen (secondary N) is 1. The molecule has 0 saturated carbocycles. The summed E-state index contributed by atoms with van der Waals surface area (Å²) in [7, 11) is -3.56. The van der Waals surface area contributed by atoms with E-state index in [1.807, 2.05) is 26.0 Å². The van der Waals surface area contributed by atoms with Crippen molar-refractivity contribution in [3.63, 3.8) is 0 Å². The maximum Gasteiger partial charge on any atom is 0.254 e. The molecule has 2 aromatic carbocycles. The molecule has 3 rings (SSSR count). The van der Waals surface area contributed by atoms with Crippen LogP contribution < -0.4 is 5.32 Å². The maximum absolute atomic E-state index is 12.8. The van der Waals surface area contributed by atoms with Crippen molar-refractivity contribution >= 4 is 21.8 Å². The fraction of sp³-hybridized carbons (Fsp3) is 0.440. The Morgan fingerprint density at radius 1 is 0.941 bits per heavy atom. The van der Waals surface area contributed by atoms with E-state index in [1.165, 1.54) is 28.6 Å². The van der Waals surface area contributed by atoms with Gasteiger partial charge in [-0.1, -0.05) is 26.0 Å². The molecular weight excluding hydrogens is 454 g/mol. The molecule has 2 amide bonds. The highest BCUT2D eigenvalue weighted by atomic mass is 32.2. The van der Waals surface area contributed by atoms with E-state index in [0.717, 1.165) is 5.56 Å². The van der Waals surface area contributed by atoms with Gasteiger partial charge < -0.3 is 15.0 Å². The Morgan fingerprint density at radius 3 is 2.00 bits per heavy atom. The predicted octanol–water partition coefficient (Wildman–Crippen LogP) is 2.90. The van der Waals surface area contributed by atoms with Gasteiger partial charge in [0.15, 0.2) is 0 Å². The highest BCUT2D eigenvalue weighted by Gasteiger charge is 2.26. The SMILES string of the molecule is CCN(CC)S(=O)(=O)c1ccc(C(=O)NCc2ccc(C(=O)N3CC(C)OC(C)C3)cc2)cc1. The first kappa shape index (κ1) is 25.9. The fourth-order valence-corrected chi connectivity index (χ4v) is 5.52. The van der Waals surface area contributed by atoms with Gasteiger partial charge in [0.05, 0.1) is 17.1 Å². The van der Waals surface area contributed by atoms with E-state index in [2.05, 4.69) is 5.32 Å². The molecule has 0 aliphatic carbocycles.